The van der Waals surface area contributed by atoms with Gasteiger partial charge in [-0.3, -0.25) is 4.79 Å². The van der Waals surface area contributed by atoms with Gasteiger partial charge in [0, 0.05) is 12.6 Å². The van der Waals surface area contributed by atoms with Gasteiger partial charge in [-0.15, -0.1) is 0 Å². The maximum atomic E-state index is 11.8. The maximum Gasteiger partial charge on any atom is 0.234 e. The van der Waals surface area contributed by atoms with Gasteiger partial charge >= 0.3 is 0 Å². The number of rotatable bonds is 8. The van der Waals surface area contributed by atoms with Gasteiger partial charge in [-0.25, -0.2) is 0 Å². The first-order valence-electron chi connectivity index (χ1n) is 8.05. The number of methoxy groups -OCH3 is 1. The lowest BCUT2D eigenvalue weighted by Gasteiger charge is -2.22. The number of hydrogen-bond donors (Lipinski definition) is 2. The smallest absolute Gasteiger partial charge is 0.234 e. The number of carbonyl (C=O) groups excluding carboxylic acids is 1. The summed E-state index contributed by atoms with van der Waals surface area (Å²) in [5, 5.41) is 6.19. The van der Waals surface area contributed by atoms with Crippen LogP contribution in [0.1, 0.15) is 32.1 Å². The Bertz CT molecular complexity index is 442. The number of benzene rings is 1. The van der Waals surface area contributed by atoms with E-state index in [1.807, 2.05) is 24.3 Å². The zero-order chi connectivity index (χ0) is 15.6. The van der Waals surface area contributed by atoms with Crippen molar-refractivity contribution in [2.75, 3.05) is 26.8 Å². The lowest BCUT2D eigenvalue weighted by atomic mass is 9.95. The quantitative estimate of drug-likeness (QED) is 0.722. The van der Waals surface area contributed by atoms with Gasteiger partial charge in [0.1, 0.15) is 18.1 Å². The zero-order valence-corrected chi connectivity index (χ0v) is 13.3. The summed E-state index contributed by atoms with van der Waals surface area (Å²) < 4.78 is 10.7. The number of carbonyl (C=O) groups is 1. The van der Waals surface area contributed by atoms with Crippen molar-refractivity contribution in [2.24, 2.45) is 0 Å². The molecule has 1 aliphatic carbocycles. The fourth-order valence-corrected chi connectivity index (χ4v) is 2.64. The molecule has 0 spiro atoms. The van der Waals surface area contributed by atoms with E-state index in [1.165, 1.54) is 19.3 Å². The van der Waals surface area contributed by atoms with E-state index in [9.17, 15) is 4.79 Å². The van der Waals surface area contributed by atoms with E-state index in [1.54, 1.807) is 7.11 Å². The van der Waals surface area contributed by atoms with Crippen molar-refractivity contribution in [1.82, 2.24) is 10.6 Å². The zero-order valence-electron chi connectivity index (χ0n) is 13.3. The summed E-state index contributed by atoms with van der Waals surface area (Å²) in [4.78, 5) is 11.8. The Labute approximate surface area is 132 Å². The standard InChI is InChI=1S/C17H26N2O3/c1-21-15-7-9-16(10-8-15)22-12-11-18-13-17(20)19-14-5-3-2-4-6-14/h7-10,14,18H,2-6,11-13H2,1H3,(H,19,20). The highest BCUT2D eigenvalue weighted by molar-refractivity contribution is 5.78. The molecule has 0 aliphatic heterocycles. The maximum absolute atomic E-state index is 11.8. The fourth-order valence-electron chi connectivity index (χ4n) is 2.64. The molecule has 1 saturated carbocycles. The average molecular weight is 306 g/mol. The van der Waals surface area contributed by atoms with Crippen molar-refractivity contribution < 1.29 is 14.3 Å². The molecule has 1 fully saturated rings. The highest BCUT2D eigenvalue weighted by Crippen LogP contribution is 2.17. The van der Waals surface area contributed by atoms with Crippen LogP contribution in [0.4, 0.5) is 0 Å². The van der Waals surface area contributed by atoms with Gasteiger partial charge in [-0.2, -0.15) is 0 Å². The van der Waals surface area contributed by atoms with E-state index < -0.39 is 0 Å². The molecule has 2 N–H and O–H groups in total. The Morgan fingerprint density at radius 1 is 1.14 bits per heavy atom. The summed E-state index contributed by atoms with van der Waals surface area (Å²) in [6, 6.07) is 7.84. The van der Waals surface area contributed by atoms with Crippen molar-refractivity contribution in [3.63, 3.8) is 0 Å². The summed E-state index contributed by atoms with van der Waals surface area (Å²) in [6.45, 7) is 1.52. The normalized spacial score (nSPS) is 15.3. The molecular weight excluding hydrogens is 280 g/mol. The molecule has 122 valence electrons. The molecule has 5 heteroatoms. The van der Waals surface area contributed by atoms with Gasteiger partial charge in [0.15, 0.2) is 0 Å². The van der Waals surface area contributed by atoms with Crippen LogP contribution in [0.15, 0.2) is 24.3 Å². The Morgan fingerprint density at radius 2 is 1.82 bits per heavy atom. The van der Waals surface area contributed by atoms with E-state index in [-0.39, 0.29) is 5.91 Å². The molecule has 0 aromatic heterocycles. The van der Waals surface area contributed by atoms with Crippen molar-refractivity contribution in [3.05, 3.63) is 24.3 Å². The van der Waals surface area contributed by atoms with Crippen LogP contribution in [0.5, 0.6) is 11.5 Å². The summed E-state index contributed by atoms with van der Waals surface area (Å²) in [5.41, 5.74) is 0. The van der Waals surface area contributed by atoms with Gasteiger partial charge in [-0.1, -0.05) is 19.3 Å². The third-order valence-electron chi connectivity index (χ3n) is 3.86. The van der Waals surface area contributed by atoms with E-state index >= 15 is 0 Å². The van der Waals surface area contributed by atoms with Gasteiger partial charge in [0.05, 0.1) is 13.7 Å². The van der Waals surface area contributed by atoms with Gasteiger partial charge in [-0.05, 0) is 37.1 Å². The summed E-state index contributed by atoms with van der Waals surface area (Å²) in [6.07, 6.45) is 5.99. The largest absolute Gasteiger partial charge is 0.497 e. The summed E-state index contributed by atoms with van der Waals surface area (Å²) >= 11 is 0. The topological polar surface area (TPSA) is 59.6 Å². The van der Waals surface area contributed by atoms with Crippen molar-refractivity contribution in [1.29, 1.82) is 0 Å². The molecule has 1 aromatic rings. The van der Waals surface area contributed by atoms with Crippen molar-refractivity contribution >= 4 is 5.91 Å². The van der Waals surface area contributed by atoms with E-state index in [4.69, 9.17) is 9.47 Å². The van der Waals surface area contributed by atoms with Crippen LogP contribution >= 0.6 is 0 Å². The summed E-state index contributed by atoms with van der Waals surface area (Å²) in [7, 11) is 1.64. The molecule has 0 atom stereocenters. The van der Waals surface area contributed by atoms with Crippen molar-refractivity contribution in [3.8, 4) is 11.5 Å². The second-order valence-corrected chi connectivity index (χ2v) is 5.60. The lowest BCUT2D eigenvalue weighted by Crippen LogP contribution is -2.41. The molecular formula is C17H26N2O3. The first-order chi connectivity index (χ1) is 10.8. The molecule has 0 heterocycles. The summed E-state index contributed by atoms with van der Waals surface area (Å²) in [5.74, 6) is 1.69. The van der Waals surface area contributed by atoms with Crippen LogP contribution < -0.4 is 20.1 Å². The van der Waals surface area contributed by atoms with Crippen molar-refractivity contribution in [2.45, 2.75) is 38.1 Å². The van der Waals surface area contributed by atoms with Crippen LogP contribution in [0.25, 0.3) is 0 Å². The number of hydrogen-bond acceptors (Lipinski definition) is 4. The lowest BCUT2D eigenvalue weighted by molar-refractivity contribution is -0.121. The molecule has 0 saturated heterocycles. The Kier molecular flexibility index (Phi) is 7.03. The third kappa shape index (κ3) is 5.93. The third-order valence-corrected chi connectivity index (χ3v) is 3.86. The first-order valence-corrected chi connectivity index (χ1v) is 8.05. The molecule has 0 bridgehead atoms. The van der Waals surface area contributed by atoms with Gasteiger partial charge < -0.3 is 20.1 Å². The molecule has 22 heavy (non-hydrogen) atoms. The van der Waals surface area contributed by atoms with Gasteiger partial charge in [0.25, 0.3) is 0 Å². The molecule has 5 nitrogen and oxygen atoms in total. The Hall–Kier alpha value is -1.75. The minimum Gasteiger partial charge on any atom is -0.497 e. The Balaban J connectivity index is 1.53. The molecule has 0 unspecified atom stereocenters. The number of ether oxygens (including phenoxy) is 2. The van der Waals surface area contributed by atoms with Crippen LogP contribution in [-0.4, -0.2) is 38.8 Å². The minimum atomic E-state index is 0.0800. The second kappa shape index (κ2) is 9.30. The van der Waals surface area contributed by atoms with Crippen LogP contribution in [0, 0.1) is 0 Å². The predicted octanol–water partition coefficient (Wildman–Crippen LogP) is 2.11. The molecule has 2 rings (SSSR count). The monoisotopic (exact) mass is 306 g/mol. The molecule has 1 aromatic carbocycles. The predicted molar refractivity (Wildman–Crippen MR) is 86.4 cm³/mol. The highest BCUT2D eigenvalue weighted by atomic mass is 16.5. The van der Waals surface area contributed by atoms with E-state index in [0.29, 0.717) is 25.7 Å². The fraction of sp³-hybridized carbons (Fsp3) is 0.588. The van der Waals surface area contributed by atoms with E-state index in [0.717, 1.165) is 24.3 Å². The SMILES string of the molecule is COc1ccc(OCCNCC(=O)NC2CCCCC2)cc1. The number of amides is 1. The van der Waals surface area contributed by atoms with Crippen LogP contribution in [0.2, 0.25) is 0 Å². The Morgan fingerprint density at radius 3 is 2.50 bits per heavy atom. The highest BCUT2D eigenvalue weighted by Gasteiger charge is 2.14. The second-order valence-electron chi connectivity index (χ2n) is 5.60. The molecule has 0 radical (unpaired) electrons. The van der Waals surface area contributed by atoms with Crippen LogP contribution in [0.3, 0.4) is 0 Å². The molecule has 1 amide bonds. The van der Waals surface area contributed by atoms with Gasteiger partial charge in [0.2, 0.25) is 5.91 Å². The molecule has 1 aliphatic rings. The average Bonchev–Trinajstić information content (AvgIpc) is 2.56. The van der Waals surface area contributed by atoms with E-state index in [2.05, 4.69) is 10.6 Å². The van der Waals surface area contributed by atoms with Crippen LogP contribution in [-0.2, 0) is 4.79 Å². The minimum absolute atomic E-state index is 0.0800. The number of nitrogens with one attached hydrogen (secondary N) is 2. The first kappa shape index (κ1) is 16.6.